The Morgan fingerprint density at radius 3 is 2.62 bits per heavy atom. The van der Waals surface area contributed by atoms with Crippen molar-refractivity contribution in [2.24, 2.45) is 0 Å². The van der Waals surface area contributed by atoms with E-state index in [0.717, 1.165) is 19.7 Å². The van der Waals surface area contributed by atoms with Crippen molar-refractivity contribution in [3.63, 3.8) is 0 Å². The summed E-state index contributed by atoms with van der Waals surface area (Å²) in [6.45, 7) is 12.2. The van der Waals surface area contributed by atoms with Gasteiger partial charge in [0.05, 0.1) is 6.61 Å². The fraction of sp³-hybridized carbons (Fsp3) is 1.00. The average molecular weight is 228 g/mol. The zero-order chi connectivity index (χ0) is 12.2. The fourth-order valence-corrected chi connectivity index (χ4v) is 2.56. The van der Waals surface area contributed by atoms with E-state index in [1.807, 2.05) is 0 Å². The van der Waals surface area contributed by atoms with Gasteiger partial charge in [-0.2, -0.15) is 0 Å². The molecule has 0 aromatic heterocycles. The van der Waals surface area contributed by atoms with Gasteiger partial charge in [0.1, 0.15) is 0 Å². The van der Waals surface area contributed by atoms with Gasteiger partial charge in [-0.25, -0.2) is 0 Å². The maximum Gasteiger partial charge on any atom is 0.0589 e. The van der Waals surface area contributed by atoms with Gasteiger partial charge in [-0.3, -0.25) is 4.90 Å². The highest BCUT2D eigenvalue weighted by Crippen LogP contribution is 2.24. The summed E-state index contributed by atoms with van der Waals surface area (Å²) in [7, 11) is 1.78. The molecule has 0 radical (unpaired) electrons. The Labute approximate surface area is 101 Å². The van der Waals surface area contributed by atoms with Crippen LogP contribution in [-0.4, -0.2) is 49.3 Å². The van der Waals surface area contributed by atoms with Gasteiger partial charge < -0.3 is 10.1 Å². The summed E-state index contributed by atoms with van der Waals surface area (Å²) in [6.07, 6.45) is 2.45. The zero-order valence-corrected chi connectivity index (χ0v) is 11.5. The molecule has 3 heteroatoms. The summed E-state index contributed by atoms with van der Waals surface area (Å²) in [6, 6.07) is 1.32. The Hall–Kier alpha value is -0.120. The van der Waals surface area contributed by atoms with E-state index in [0.29, 0.717) is 17.6 Å². The molecule has 0 saturated carbocycles. The SMILES string of the molecule is CCC(C)N(CCOC)C1CNC(C)(C)C1. The van der Waals surface area contributed by atoms with Crippen molar-refractivity contribution < 1.29 is 4.74 Å². The van der Waals surface area contributed by atoms with Gasteiger partial charge in [-0.1, -0.05) is 6.92 Å². The summed E-state index contributed by atoms with van der Waals surface area (Å²) in [4.78, 5) is 2.60. The minimum absolute atomic E-state index is 0.295. The van der Waals surface area contributed by atoms with Gasteiger partial charge in [0, 0.05) is 37.8 Å². The third-order valence-electron chi connectivity index (χ3n) is 3.74. The van der Waals surface area contributed by atoms with Crippen molar-refractivity contribution in [3.8, 4) is 0 Å². The molecule has 0 aromatic carbocycles. The molecule has 0 spiro atoms. The number of nitrogens with zero attached hydrogens (tertiary/aromatic N) is 1. The molecule has 1 rings (SSSR count). The molecular formula is C13H28N2O. The second kappa shape index (κ2) is 5.99. The van der Waals surface area contributed by atoms with Crippen LogP contribution in [0.25, 0.3) is 0 Å². The number of hydrogen-bond acceptors (Lipinski definition) is 3. The molecule has 1 aliphatic rings. The summed E-state index contributed by atoms with van der Waals surface area (Å²) < 4.78 is 5.22. The third kappa shape index (κ3) is 3.72. The summed E-state index contributed by atoms with van der Waals surface area (Å²) >= 11 is 0. The van der Waals surface area contributed by atoms with Crippen molar-refractivity contribution >= 4 is 0 Å². The number of nitrogens with one attached hydrogen (secondary N) is 1. The second-order valence-electron chi connectivity index (χ2n) is 5.61. The molecule has 1 heterocycles. The van der Waals surface area contributed by atoms with E-state index in [1.165, 1.54) is 12.8 Å². The molecule has 0 bridgehead atoms. The Morgan fingerprint density at radius 2 is 2.19 bits per heavy atom. The van der Waals surface area contributed by atoms with Gasteiger partial charge in [-0.05, 0) is 33.6 Å². The predicted molar refractivity (Wildman–Crippen MR) is 68.8 cm³/mol. The van der Waals surface area contributed by atoms with Crippen molar-refractivity contribution in [2.45, 2.75) is 58.2 Å². The van der Waals surface area contributed by atoms with E-state index >= 15 is 0 Å². The standard InChI is InChI=1S/C13H28N2O/c1-6-11(2)15(7-8-16-5)12-9-13(3,4)14-10-12/h11-12,14H,6-10H2,1-5H3. The van der Waals surface area contributed by atoms with Crippen LogP contribution in [0.5, 0.6) is 0 Å². The van der Waals surface area contributed by atoms with Crippen LogP contribution < -0.4 is 5.32 Å². The smallest absolute Gasteiger partial charge is 0.0589 e. The topological polar surface area (TPSA) is 24.5 Å². The third-order valence-corrected chi connectivity index (χ3v) is 3.74. The molecule has 2 atom stereocenters. The number of rotatable bonds is 6. The van der Waals surface area contributed by atoms with E-state index in [-0.39, 0.29) is 0 Å². The first-order valence-corrected chi connectivity index (χ1v) is 6.50. The van der Waals surface area contributed by atoms with Crippen LogP contribution in [0, 0.1) is 0 Å². The lowest BCUT2D eigenvalue weighted by Crippen LogP contribution is -2.44. The highest BCUT2D eigenvalue weighted by atomic mass is 16.5. The summed E-state index contributed by atoms with van der Waals surface area (Å²) in [5.74, 6) is 0. The maximum absolute atomic E-state index is 5.22. The molecule has 1 aliphatic heterocycles. The second-order valence-corrected chi connectivity index (χ2v) is 5.61. The Morgan fingerprint density at radius 1 is 1.50 bits per heavy atom. The molecule has 1 N–H and O–H groups in total. The Bertz CT molecular complexity index is 206. The van der Waals surface area contributed by atoms with E-state index in [2.05, 4.69) is 37.9 Å². The van der Waals surface area contributed by atoms with Crippen LogP contribution >= 0.6 is 0 Å². The highest BCUT2D eigenvalue weighted by Gasteiger charge is 2.34. The first-order chi connectivity index (χ1) is 7.50. The molecule has 96 valence electrons. The minimum atomic E-state index is 0.295. The van der Waals surface area contributed by atoms with E-state index in [1.54, 1.807) is 7.11 Å². The first-order valence-electron chi connectivity index (χ1n) is 6.50. The average Bonchev–Trinajstić information content (AvgIpc) is 2.59. The van der Waals surface area contributed by atoms with Crippen LogP contribution in [-0.2, 0) is 4.74 Å². The molecule has 1 fully saturated rings. The molecule has 3 nitrogen and oxygen atoms in total. The monoisotopic (exact) mass is 228 g/mol. The van der Waals surface area contributed by atoms with Crippen LogP contribution in [0.2, 0.25) is 0 Å². The minimum Gasteiger partial charge on any atom is -0.383 e. The van der Waals surface area contributed by atoms with E-state index in [4.69, 9.17) is 4.74 Å². The van der Waals surface area contributed by atoms with Gasteiger partial charge >= 0.3 is 0 Å². The molecule has 0 aliphatic carbocycles. The number of methoxy groups -OCH3 is 1. The molecule has 0 amide bonds. The van der Waals surface area contributed by atoms with E-state index in [9.17, 15) is 0 Å². The maximum atomic E-state index is 5.22. The Kier molecular flexibility index (Phi) is 5.22. The van der Waals surface area contributed by atoms with Crippen molar-refractivity contribution in [2.75, 3.05) is 26.8 Å². The highest BCUT2D eigenvalue weighted by molar-refractivity contribution is 4.95. The summed E-state index contributed by atoms with van der Waals surface area (Å²) in [5, 5.41) is 3.60. The van der Waals surface area contributed by atoms with Gasteiger partial charge in [-0.15, -0.1) is 0 Å². The molecule has 16 heavy (non-hydrogen) atoms. The van der Waals surface area contributed by atoms with Gasteiger partial charge in [0.15, 0.2) is 0 Å². The van der Waals surface area contributed by atoms with Crippen LogP contribution in [0.15, 0.2) is 0 Å². The zero-order valence-electron chi connectivity index (χ0n) is 11.5. The summed E-state index contributed by atoms with van der Waals surface area (Å²) in [5.41, 5.74) is 0.295. The predicted octanol–water partition coefficient (Wildman–Crippen LogP) is 1.87. The molecule has 2 unspecified atom stereocenters. The number of hydrogen-bond donors (Lipinski definition) is 1. The lowest BCUT2D eigenvalue weighted by molar-refractivity contribution is 0.0921. The number of ether oxygens (including phenoxy) is 1. The lowest BCUT2D eigenvalue weighted by atomic mass is 9.99. The van der Waals surface area contributed by atoms with Crippen LogP contribution in [0.1, 0.15) is 40.5 Å². The van der Waals surface area contributed by atoms with Crippen molar-refractivity contribution in [1.29, 1.82) is 0 Å². The van der Waals surface area contributed by atoms with Crippen LogP contribution in [0.3, 0.4) is 0 Å². The van der Waals surface area contributed by atoms with Crippen LogP contribution in [0.4, 0.5) is 0 Å². The quantitative estimate of drug-likeness (QED) is 0.751. The molecule has 1 saturated heterocycles. The van der Waals surface area contributed by atoms with Crippen molar-refractivity contribution in [3.05, 3.63) is 0 Å². The lowest BCUT2D eigenvalue weighted by Gasteiger charge is -2.34. The Balaban J connectivity index is 2.55. The van der Waals surface area contributed by atoms with Gasteiger partial charge in [0.25, 0.3) is 0 Å². The van der Waals surface area contributed by atoms with Gasteiger partial charge in [0.2, 0.25) is 0 Å². The van der Waals surface area contributed by atoms with E-state index < -0.39 is 0 Å². The normalized spacial score (nSPS) is 26.2. The fourth-order valence-electron chi connectivity index (χ4n) is 2.56. The largest absolute Gasteiger partial charge is 0.383 e. The first kappa shape index (κ1) is 13.9. The molecular weight excluding hydrogens is 200 g/mol. The molecule has 0 aromatic rings. The van der Waals surface area contributed by atoms with Crippen molar-refractivity contribution in [1.82, 2.24) is 10.2 Å².